The van der Waals surface area contributed by atoms with Crippen molar-refractivity contribution in [3.05, 3.63) is 30.1 Å². The Balaban J connectivity index is 2.13. The van der Waals surface area contributed by atoms with Crippen molar-refractivity contribution in [3.8, 4) is 0 Å². The zero-order valence-corrected chi connectivity index (χ0v) is 15.5. The lowest BCUT2D eigenvalue weighted by atomic mass is 10.0. The first-order chi connectivity index (χ1) is 11.9. The largest absolute Gasteiger partial charge is 0.338 e. The molecule has 1 amide bonds. The number of carbonyl (C=O) groups is 1. The van der Waals surface area contributed by atoms with E-state index in [9.17, 15) is 17.6 Å². The van der Waals surface area contributed by atoms with Crippen LogP contribution in [-0.2, 0) is 14.8 Å². The number of nitrogens with one attached hydrogen (secondary N) is 2. The second-order valence-corrected chi connectivity index (χ2v) is 7.97. The van der Waals surface area contributed by atoms with Gasteiger partial charge in [0.05, 0.1) is 6.04 Å². The van der Waals surface area contributed by atoms with Crippen LogP contribution < -0.4 is 10.0 Å². The molecule has 6 nitrogen and oxygen atoms in total. The second-order valence-electron chi connectivity index (χ2n) is 6.29. The van der Waals surface area contributed by atoms with Gasteiger partial charge in [-0.2, -0.15) is 4.72 Å². The molecule has 0 aliphatic carbocycles. The predicted molar refractivity (Wildman–Crippen MR) is 94.1 cm³/mol. The van der Waals surface area contributed by atoms with Gasteiger partial charge in [0.1, 0.15) is 10.7 Å². The number of nitrogens with zero attached hydrogens (tertiary/aromatic N) is 1. The molecule has 1 aliphatic rings. The van der Waals surface area contributed by atoms with Crippen molar-refractivity contribution in [1.82, 2.24) is 14.9 Å². The van der Waals surface area contributed by atoms with E-state index >= 15 is 0 Å². The summed E-state index contributed by atoms with van der Waals surface area (Å²) in [6, 6.07) is 4.29. The highest BCUT2D eigenvalue weighted by Gasteiger charge is 2.31. The molecular formula is C17H26FN3O3S. The smallest absolute Gasteiger partial charge is 0.244 e. The van der Waals surface area contributed by atoms with Gasteiger partial charge in [-0.1, -0.05) is 19.1 Å². The normalized spacial score (nSPS) is 17.2. The van der Waals surface area contributed by atoms with E-state index in [1.54, 1.807) is 4.90 Å². The number of benzene rings is 1. The fourth-order valence-electron chi connectivity index (χ4n) is 3.09. The Labute approximate surface area is 148 Å². The van der Waals surface area contributed by atoms with Crippen LogP contribution in [0.3, 0.4) is 0 Å². The number of carbonyl (C=O) groups excluding carboxylic acids is 1. The molecule has 0 radical (unpaired) electrons. The molecule has 25 heavy (non-hydrogen) atoms. The Morgan fingerprint density at radius 1 is 1.36 bits per heavy atom. The molecule has 1 unspecified atom stereocenters. The minimum absolute atomic E-state index is 0.106. The molecule has 8 heteroatoms. The molecule has 1 aliphatic heterocycles. The number of piperidine rings is 1. The van der Waals surface area contributed by atoms with Gasteiger partial charge in [0, 0.05) is 12.6 Å². The standard InChI is InChI=1S/C17H26FN3O3S/c1-3-12-21(14-8-10-19-11-9-14)17(22)13(2)20-25(23,24)16-7-5-4-6-15(16)18/h4-7,13-14,19-20H,3,8-12H2,1-2H3. The fraction of sp³-hybridized carbons (Fsp3) is 0.588. The maximum absolute atomic E-state index is 13.8. The highest BCUT2D eigenvalue weighted by atomic mass is 32.2. The summed E-state index contributed by atoms with van der Waals surface area (Å²) in [5, 5.41) is 3.25. The lowest BCUT2D eigenvalue weighted by Crippen LogP contribution is -2.53. The Kier molecular flexibility index (Phi) is 6.92. The number of hydrogen-bond acceptors (Lipinski definition) is 4. The molecular weight excluding hydrogens is 345 g/mol. The summed E-state index contributed by atoms with van der Waals surface area (Å²) in [7, 11) is -4.10. The summed E-state index contributed by atoms with van der Waals surface area (Å²) in [4.78, 5) is 14.1. The van der Waals surface area contributed by atoms with Crippen molar-refractivity contribution in [2.24, 2.45) is 0 Å². The molecule has 2 N–H and O–H groups in total. The predicted octanol–water partition coefficient (Wildman–Crippen LogP) is 1.48. The van der Waals surface area contributed by atoms with Crippen LogP contribution in [0.4, 0.5) is 4.39 Å². The number of sulfonamides is 1. The van der Waals surface area contributed by atoms with Crippen molar-refractivity contribution in [3.63, 3.8) is 0 Å². The zero-order chi connectivity index (χ0) is 18.4. The molecule has 1 heterocycles. The van der Waals surface area contributed by atoms with Crippen molar-refractivity contribution in [1.29, 1.82) is 0 Å². The lowest BCUT2D eigenvalue weighted by molar-refractivity contribution is -0.135. The highest BCUT2D eigenvalue weighted by molar-refractivity contribution is 7.89. The maximum atomic E-state index is 13.8. The average Bonchev–Trinajstić information content (AvgIpc) is 2.59. The summed E-state index contributed by atoms with van der Waals surface area (Å²) in [6.07, 6.45) is 2.49. The SMILES string of the molecule is CCCN(C(=O)C(C)NS(=O)(=O)c1ccccc1F)C1CCNCC1. The van der Waals surface area contributed by atoms with Gasteiger partial charge in [-0.05, 0) is 51.4 Å². The molecule has 1 aromatic rings. The summed E-state index contributed by atoms with van der Waals surface area (Å²) < 4.78 is 40.9. The number of rotatable bonds is 7. The van der Waals surface area contributed by atoms with Gasteiger partial charge < -0.3 is 10.2 Å². The minimum atomic E-state index is -4.10. The highest BCUT2D eigenvalue weighted by Crippen LogP contribution is 2.17. The van der Waals surface area contributed by atoms with Crippen LogP contribution in [-0.4, -0.2) is 50.9 Å². The molecule has 1 saturated heterocycles. The fourth-order valence-corrected chi connectivity index (χ4v) is 4.37. The molecule has 0 spiro atoms. The van der Waals surface area contributed by atoms with Crippen LogP contribution in [0.1, 0.15) is 33.1 Å². The van der Waals surface area contributed by atoms with Crippen molar-refractivity contribution >= 4 is 15.9 Å². The van der Waals surface area contributed by atoms with Crippen LogP contribution in [0.15, 0.2) is 29.2 Å². The number of halogens is 1. The average molecular weight is 371 g/mol. The van der Waals surface area contributed by atoms with E-state index in [2.05, 4.69) is 10.0 Å². The minimum Gasteiger partial charge on any atom is -0.338 e. The Hall–Kier alpha value is -1.51. The van der Waals surface area contributed by atoms with Gasteiger partial charge >= 0.3 is 0 Å². The first kappa shape index (κ1) is 19.8. The van der Waals surface area contributed by atoms with E-state index in [4.69, 9.17) is 0 Å². The molecule has 0 aromatic heterocycles. The number of amides is 1. The summed E-state index contributed by atoms with van der Waals surface area (Å²) in [5.74, 6) is -1.10. The maximum Gasteiger partial charge on any atom is 0.244 e. The lowest BCUT2D eigenvalue weighted by Gasteiger charge is -2.36. The Morgan fingerprint density at radius 3 is 2.60 bits per heavy atom. The van der Waals surface area contributed by atoms with E-state index in [-0.39, 0.29) is 11.9 Å². The molecule has 0 saturated carbocycles. The van der Waals surface area contributed by atoms with Crippen molar-refractivity contribution in [2.45, 2.75) is 50.1 Å². The van der Waals surface area contributed by atoms with Crippen LogP contribution >= 0.6 is 0 Å². The first-order valence-corrected chi connectivity index (χ1v) is 10.1. The third-order valence-electron chi connectivity index (χ3n) is 4.33. The molecule has 2 rings (SSSR count). The van der Waals surface area contributed by atoms with Crippen LogP contribution in [0, 0.1) is 5.82 Å². The first-order valence-electron chi connectivity index (χ1n) is 8.65. The third-order valence-corrected chi connectivity index (χ3v) is 5.90. The van der Waals surface area contributed by atoms with Gasteiger partial charge in [-0.15, -0.1) is 0 Å². The van der Waals surface area contributed by atoms with Crippen molar-refractivity contribution < 1.29 is 17.6 Å². The Morgan fingerprint density at radius 2 is 2.00 bits per heavy atom. The summed E-state index contributed by atoms with van der Waals surface area (Å²) in [5.41, 5.74) is 0. The van der Waals surface area contributed by atoms with E-state index in [0.717, 1.165) is 38.4 Å². The van der Waals surface area contributed by atoms with Crippen LogP contribution in [0.2, 0.25) is 0 Å². The summed E-state index contributed by atoms with van der Waals surface area (Å²) >= 11 is 0. The zero-order valence-electron chi connectivity index (χ0n) is 14.7. The van der Waals surface area contributed by atoms with Gasteiger partial charge in [0.25, 0.3) is 0 Å². The van der Waals surface area contributed by atoms with E-state index in [1.165, 1.54) is 25.1 Å². The monoisotopic (exact) mass is 371 g/mol. The quantitative estimate of drug-likeness (QED) is 0.761. The van der Waals surface area contributed by atoms with E-state index in [0.29, 0.717) is 6.54 Å². The van der Waals surface area contributed by atoms with Gasteiger partial charge in [0.15, 0.2) is 0 Å². The second kappa shape index (κ2) is 8.73. The van der Waals surface area contributed by atoms with E-state index < -0.39 is 26.8 Å². The van der Waals surface area contributed by atoms with Gasteiger partial charge in [-0.25, -0.2) is 12.8 Å². The molecule has 1 aromatic carbocycles. The van der Waals surface area contributed by atoms with E-state index in [1.807, 2.05) is 6.92 Å². The number of hydrogen-bond donors (Lipinski definition) is 2. The van der Waals surface area contributed by atoms with Crippen LogP contribution in [0.5, 0.6) is 0 Å². The molecule has 1 fully saturated rings. The molecule has 0 bridgehead atoms. The molecule has 140 valence electrons. The van der Waals surface area contributed by atoms with Crippen molar-refractivity contribution in [2.75, 3.05) is 19.6 Å². The Bertz CT molecular complexity index is 690. The molecule has 1 atom stereocenters. The van der Waals surface area contributed by atoms with Crippen LogP contribution in [0.25, 0.3) is 0 Å². The summed E-state index contributed by atoms with van der Waals surface area (Å²) in [6.45, 7) is 5.75. The topological polar surface area (TPSA) is 78.5 Å². The third kappa shape index (κ3) is 4.99. The van der Waals surface area contributed by atoms with Gasteiger partial charge in [-0.3, -0.25) is 4.79 Å². The van der Waals surface area contributed by atoms with Gasteiger partial charge in [0.2, 0.25) is 15.9 Å².